The maximum atomic E-state index is 10.8. The molecule has 0 aliphatic rings. The zero-order valence-corrected chi connectivity index (χ0v) is 6.76. The Kier molecular flexibility index (Phi) is 4.45. The van der Waals surface area contributed by atoms with Gasteiger partial charge in [-0.05, 0) is 0 Å². The van der Waals surface area contributed by atoms with E-state index in [-0.39, 0.29) is 24.2 Å². The van der Waals surface area contributed by atoms with Crippen molar-refractivity contribution in [3.05, 3.63) is 0 Å². The summed E-state index contributed by atoms with van der Waals surface area (Å²) in [5.41, 5.74) is 0. The standard InChI is InChI=1S/C7H13NO3/c1-5(2)7(11)8-3-6(10)4-9/h5,9H,3-4H2,1-2H3,(H,8,11). The Hall–Kier alpha value is -0.900. The second kappa shape index (κ2) is 4.85. The molecule has 0 saturated heterocycles. The molecule has 64 valence electrons. The molecule has 0 unspecified atom stereocenters. The van der Waals surface area contributed by atoms with Crippen LogP contribution in [0.25, 0.3) is 0 Å². The smallest absolute Gasteiger partial charge is 0.222 e. The predicted octanol–water partition coefficient (Wildman–Crippen LogP) is -0.680. The van der Waals surface area contributed by atoms with Gasteiger partial charge in [0.2, 0.25) is 5.91 Å². The average Bonchev–Trinajstić information content (AvgIpc) is 1.99. The van der Waals surface area contributed by atoms with E-state index in [1.165, 1.54) is 0 Å². The third-order valence-electron chi connectivity index (χ3n) is 1.16. The monoisotopic (exact) mass is 159 g/mol. The molecule has 0 aliphatic carbocycles. The SMILES string of the molecule is CC(C)C(=O)NCC(=O)CO. The van der Waals surface area contributed by atoms with Gasteiger partial charge in [-0.25, -0.2) is 0 Å². The zero-order chi connectivity index (χ0) is 8.85. The van der Waals surface area contributed by atoms with Gasteiger partial charge in [0.05, 0.1) is 6.54 Å². The lowest BCUT2D eigenvalue weighted by Crippen LogP contribution is -2.33. The van der Waals surface area contributed by atoms with Crippen LogP contribution in [0.2, 0.25) is 0 Å². The summed E-state index contributed by atoms with van der Waals surface area (Å²) in [5, 5.41) is 10.7. The molecule has 0 aromatic heterocycles. The van der Waals surface area contributed by atoms with Crippen molar-refractivity contribution in [2.75, 3.05) is 13.2 Å². The fourth-order valence-electron chi connectivity index (χ4n) is 0.446. The lowest BCUT2D eigenvalue weighted by atomic mass is 10.2. The summed E-state index contributed by atoms with van der Waals surface area (Å²) < 4.78 is 0. The van der Waals surface area contributed by atoms with E-state index >= 15 is 0 Å². The van der Waals surface area contributed by atoms with Crippen LogP contribution in [-0.2, 0) is 9.59 Å². The maximum Gasteiger partial charge on any atom is 0.222 e. The summed E-state index contributed by atoms with van der Waals surface area (Å²) >= 11 is 0. The number of carbonyl (C=O) groups excluding carboxylic acids is 2. The van der Waals surface area contributed by atoms with Gasteiger partial charge in [0.1, 0.15) is 6.61 Å². The molecule has 0 aromatic rings. The molecule has 2 N–H and O–H groups in total. The lowest BCUT2D eigenvalue weighted by molar-refractivity contribution is -0.128. The molecule has 0 heterocycles. The van der Waals surface area contributed by atoms with Gasteiger partial charge in [-0.2, -0.15) is 0 Å². The molecule has 0 aliphatic heterocycles. The first-order chi connectivity index (χ1) is 5.07. The van der Waals surface area contributed by atoms with E-state index in [1.807, 2.05) is 0 Å². The quantitative estimate of drug-likeness (QED) is 0.571. The van der Waals surface area contributed by atoms with Gasteiger partial charge >= 0.3 is 0 Å². The summed E-state index contributed by atoms with van der Waals surface area (Å²) in [4.78, 5) is 21.3. The van der Waals surface area contributed by atoms with Gasteiger partial charge in [-0.1, -0.05) is 13.8 Å². The zero-order valence-electron chi connectivity index (χ0n) is 6.76. The van der Waals surface area contributed by atoms with Crippen molar-refractivity contribution >= 4 is 11.7 Å². The van der Waals surface area contributed by atoms with Crippen LogP contribution in [0.1, 0.15) is 13.8 Å². The lowest BCUT2D eigenvalue weighted by Gasteiger charge is -2.04. The van der Waals surface area contributed by atoms with Crippen molar-refractivity contribution < 1.29 is 14.7 Å². The topological polar surface area (TPSA) is 66.4 Å². The Morgan fingerprint density at radius 1 is 1.45 bits per heavy atom. The van der Waals surface area contributed by atoms with Gasteiger partial charge in [0.15, 0.2) is 5.78 Å². The molecule has 0 aromatic carbocycles. The maximum absolute atomic E-state index is 10.8. The Morgan fingerprint density at radius 2 is 2.00 bits per heavy atom. The largest absolute Gasteiger partial charge is 0.389 e. The first-order valence-electron chi connectivity index (χ1n) is 3.48. The van der Waals surface area contributed by atoms with Crippen LogP contribution in [0.15, 0.2) is 0 Å². The number of nitrogens with one attached hydrogen (secondary N) is 1. The second-order valence-electron chi connectivity index (χ2n) is 2.57. The van der Waals surface area contributed by atoms with Crippen LogP contribution >= 0.6 is 0 Å². The van der Waals surface area contributed by atoms with Gasteiger partial charge in [-0.15, -0.1) is 0 Å². The molecule has 1 amide bonds. The fraction of sp³-hybridized carbons (Fsp3) is 0.714. The molecular weight excluding hydrogens is 146 g/mol. The number of amides is 1. The summed E-state index contributed by atoms with van der Waals surface area (Å²) in [5.74, 6) is -0.674. The minimum absolute atomic E-state index is 0.0759. The van der Waals surface area contributed by atoms with Crippen LogP contribution in [0.5, 0.6) is 0 Å². The molecule has 0 saturated carbocycles. The van der Waals surface area contributed by atoms with Crippen molar-refractivity contribution in [3.63, 3.8) is 0 Å². The minimum atomic E-state index is -0.516. The molecule has 0 fully saturated rings. The molecule has 0 bridgehead atoms. The highest BCUT2D eigenvalue weighted by molar-refractivity contribution is 5.87. The molecule has 0 spiro atoms. The minimum Gasteiger partial charge on any atom is -0.389 e. The highest BCUT2D eigenvalue weighted by Crippen LogP contribution is 1.89. The molecule has 4 heteroatoms. The van der Waals surface area contributed by atoms with Crippen molar-refractivity contribution in [2.45, 2.75) is 13.8 Å². The summed E-state index contributed by atoms with van der Waals surface area (Å²) in [6, 6.07) is 0. The van der Waals surface area contributed by atoms with Crippen LogP contribution < -0.4 is 5.32 Å². The number of Topliss-reactive ketones (excluding diaryl/α,β-unsaturated/α-hetero) is 1. The van der Waals surface area contributed by atoms with Gasteiger partial charge in [-0.3, -0.25) is 9.59 Å². The predicted molar refractivity (Wildman–Crippen MR) is 39.9 cm³/mol. The van der Waals surface area contributed by atoms with Crippen LogP contribution in [0.4, 0.5) is 0 Å². The van der Waals surface area contributed by atoms with Crippen molar-refractivity contribution in [3.8, 4) is 0 Å². The fourth-order valence-corrected chi connectivity index (χ4v) is 0.446. The van der Waals surface area contributed by atoms with Gasteiger partial charge in [0.25, 0.3) is 0 Å². The summed E-state index contributed by atoms with van der Waals surface area (Å²) in [6.07, 6.45) is 0. The average molecular weight is 159 g/mol. The Balaban J connectivity index is 3.54. The Labute approximate surface area is 65.6 Å². The molecule has 0 rings (SSSR count). The summed E-state index contributed by atoms with van der Waals surface area (Å²) in [6.45, 7) is 2.88. The van der Waals surface area contributed by atoms with E-state index in [0.717, 1.165) is 0 Å². The first-order valence-corrected chi connectivity index (χ1v) is 3.48. The number of aliphatic hydroxyl groups is 1. The summed E-state index contributed by atoms with van der Waals surface area (Å²) in [7, 11) is 0. The van der Waals surface area contributed by atoms with Crippen LogP contribution in [0.3, 0.4) is 0 Å². The van der Waals surface area contributed by atoms with E-state index in [0.29, 0.717) is 0 Å². The number of hydrogen-bond acceptors (Lipinski definition) is 3. The van der Waals surface area contributed by atoms with Crippen molar-refractivity contribution in [2.24, 2.45) is 5.92 Å². The third kappa shape index (κ3) is 4.50. The number of ketones is 1. The number of rotatable bonds is 4. The molecule has 4 nitrogen and oxygen atoms in total. The van der Waals surface area contributed by atoms with Crippen LogP contribution in [0, 0.1) is 5.92 Å². The van der Waals surface area contributed by atoms with Gasteiger partial charge in [0, 0.05) is 5.92 Å². The number of carbonyl (C=O) groups is 2. The van der Waals surface area contributed by atoms with Crippen molar-refractivity contribution in [1.29, 1.82) is 0 Å². The van der Waals surface area contributed by atoms with E-state index in [2.05, 4.69) is 5.32 Å². The van der Waals surface area contributed by atoms with E-state index in [1.54, 1.807) is 13.8 Å². The Bertz CT molecular complexity index is 154. The highest BCUT2D eigenvalue weighted by atomic mass is 16.3. The molecule has 0 atom stereocenters. The number of hydrogen-bond donors (Lipinski definition) is 2. The molecule has 11 heavy (non-hydrogen) atoms. The van der Waals surface area contributed by atoms with E-state index < -0.39 is 6.61 Å². The highest BCUT2D eigenvalue weighted by Gasteiger charge is 2.07. The molecule has 0 radical (unpaired) electrons. The van der Waals surface area contributed by atoms with E-state index in [9.17, 15) is 9.59 Å². The Morgan fingerprint density at radius 3 is 2.36 bits per heavy atom. The second-order valence-corrected chi connectivity index (χ2v) is 2.57. The van der Waals surface area contributed by atoms with E-state index in [4.69, 9.17) is 5.11 Å². The third-order valence-corrected chi connectivity index (χ3v) is 1.16. The van der Waals surface area contributed by atoms with Gasteiger partial charge < -0.3 is 10.4 Å². The number of aliphatic hydroxyl groups excluding tert-OH is 1. The molecular formula is C7H13NO3. The van der Waals surface area contributed by atoms with Crippen LogP contribution in [-0.4, -0.2) is 29.9 Å². The normalized spacial score (nSPS) is 9.82. The van der Waals surface area contributed by atoms with Crippen molar-refractivity contribution in [1.82, 2.24) is 5.32 Å². The first kappa shape index (κ1) is 10.1.